The summed E-state index contributed by atoms with van der Waals surface area (Å²) < 4.78 is 0. The smallest absolute Gasteiger partial charge is 0.372 e. The molecule has 164 valence electrons. The Hall–Kier alpha value is -2.75. The molecular weight excluding hydrogens is 414 g/mol. The number of rotatable bonds is 3. The van der Waals surface area contributed by atoms with Crippen LogP contribution in [0.5, 0.6) is 0 Å². The molecule has 31 heavy (non-hydrogen) atoms. The summed E-state index contributed by atoms with van der Waals surface area (Å²) in [6.07, 6.45) is 2.93. The zero-order valence-corrected chi connectivity index (χ0v) is 18.4. The molecule has 1 aliphatic heterocycles. The summed E-state index contributed by atoms with van der Waals surface area (Å²) in [6.45, 7) is 5.15. The van der Waals surface area contributed by atoms with Crippen LogP contribution < -0.4 is 16.2 Å². The minimum Gasteiger partial charge on any atom is -0.475 e. The Morgan fingerprint density at radius 3 is 2.74 bits per heavy atom. The Morgan fingerprint density at radius 2 is 2.03 bits per heavy atom. The fraction of sp³-hybridized carbons (Fsp3) is 0.409. The molecule has 0 saturated carbocycles. The van der Waals surface area contributed by atoms with Crippen LogP contribution in [0.3, 0.4) is 0 Å². The number of hydrogen-bond donors (Lipinski definition) is 3. The van der Waals surface area contributed by atoms with E-state index < -0.39 is 5.97 Å². The van der Waals surface area contributed by atoms with E-state index in [1.807, 2.05) is 0 Å². The molecule has 1 aliphatic carbocycles. The second-order valence-electron chi connectivity index (χ2n) is 7.92. The van der Waals surface area contributed by atoms with Crippen LogP contribution in [0, 0.1) is 0 Å². The van der Waals surface area contributed by atoms with Crippen molar-refractivity contribution >= 4 is 33.2 Å². The first kappa shape index (κ1) is 21.5. The first-order chi connectivity index (χ1) is 15.0. The molecule has 0 amide bonds. The summed E-state index contributed by atoms with van der Waals surface area (Å²) in [6, 6.07) is 8.55. The topological polar surface area (TPSA) is 116 Å². The number of aromatic nitrogens is 2. The minimum absolute atomic E-state index is 0.280. The molecule has 0 spiro atoms. The van der Waals surface area contributed by atoms with E-state index in [0.29, 0.717) is 16.8 Å². The van der Waals surface area contributed by atoms with Crippen molar-refractivity contribution in [1.29, 1.82) is 0 Å². The van der Waals surface area contributed by atoms with Gasteiger partial charge in [-0.2, -0.15) is 0 Å². The lowest BCUT2D eigenvalue weighted by molar-refractivity contribution is 0.0683. The standard InChI is InChI=1S/C12H19N3.C10H8N2O3S/c1-14-5-7-15(8-6-14)12-4-2-3-11(9-12)10-13;13-8-6-4-2-1-3-5(4)16-9(6)12-7(11-8)10(14)15/h2-4,9H,5-8,10,13H2,1H3;1-3H2,(H,14,15)(H,11,12,13). The van der Waals surface area contributed by atoms with Gasteiger partial charge in [0.25, 0.3) is 5.56 Å². The maximum absolute atomic E-state index is 11.8. The summed E-state index contributed by atoms with van der Waals surface area (Å²) in [5.41, 5.74) is 8.90. The van der Waals surface area contributed by atoms with Crippen molar-refractivity contribution in [2.45, 2.75) is 25.8 Å². The number of carboxylic acids is 1. The maximum atomic E-state index is 11.8. The van der Waals surface area contributed by atoms with Crippen LogP contribution in [0.25, 0.3) is 10.2 Å². The second kappa shape index (κ2) is 9.17. The van der Waals surface area contributed by atoms with E-state index in [9.17, 15) is 9.59 Å². The van der Waals surface area contributed by atoms with Crippen molar-refractivity contribution in [2.75, 3.05) is 38.1 Å². The Kier molecular flexibility index (Phi) is 6.35. The summed E-state index contributed by atoms with van der Waals surface area (Å²) in [5.74, 6) is -1.48. The molecule has 3 aromatic rings. The zero-order chi connectivity index (χ0) is 22.0. The van der Waals surface area contributed by atoms with Gasteiger partial charge in [0.1, 0.15) is 4.83 Å². The van der Waals surface area contributed by atoms with Crippen LogP contribution in [0.2, 0.25) is 0 Å². The van der Waals surface area contributed by atoms with Crippen LogP contribution in [-0.2, 0) is 19.4 Å². The summed E-state index contributed by atoms with van der Waals surface area (Å²) in [4.78, 5) is 35.3. The zero-order valence-electron chi connectivity index (χ0n) is 17.6. The summed E-state index contributed by atoms with van der Waals surface area (Å²) in [5, 5.41) is 9.37. The molecule has 0 atom stereocenters. The monoisotopic (exact) mass is 441 g/mol. The van der Waals surface area contributed by atoms with Gasteiger partial charge in [0, 0.05) is 43.3 Å². The lowest BCUT2D eigenvalue weighted by atomic mass is 10.1. The number of hydrogen-bond acceptors (Lipinski definition) is 7. The van der Waals surface area contributed by atoms with Gasteiger partial charge in [-0.15, -0.1) is 11.3 Å². The SMILES string of the molecule is CN1CCN(c2cccc(CN)c2)CC1.O=C(O)c1nc2sc3c(c2c(=O)[nH]1)CCC3. The summed E-state index contributed by atoms with van der Waals surface area (Å²) in [7, 11) is 2.17. The molecule has 3 heterocycles. The number of H-pyrrole nitrogens is 1. The predicted octanol–water partition coefficient (Wildman–Crippen LogP) is 2.07. The molecule has 1 saturated heterocycles. The third kappa shape index (κ3) is 4.63. The van der Waals surface area contributed by atoms with Gasteiger partial charge in [0.2, 0.25) is 5.82 Å². The van der Waals surface area contributed by atoms with Gasteiger partial charge in [-0.1, -0.05) is 12.1 Å². The molecule has 0 unspecified atom stereocenters. The third-order valence-corrected chi connectivity index (χ3v) is 6.98. The van der Waals surface area contributed by atoms with Crippen molar-refractivity contribution < 1.29 is 9.90 Å². The largest absolute Gasteiger partial charge is 0.475 e. The average molecular weight is 442 g/mol. The van der Waals surface area contributed by atoms with Crippen LogP contribution in [0.15, 0.2) is 29.1 Å². The highest BCUT2D eigenvalue weighted by Gasteiger charge is 2.22. The van der Waals surface area contributed by atoms with Gasteiger partial charge in [0.15, 0.2) is 0 Å². The van der Waals surface area contributed by atoms with E-state index >= 15 is 0 Å². The van der Waals surface area contributed by atoms with E-state index in [0.717, 1.165) is 51.0 Å². The van der Waals surface area contributed by atoms with Gasteiger partial charge < -0.3 is 25.6 Å². The van der Waals surface area contributed by atoms with Crippen LogP contribution >= 0.6 is 11.3 Å². The van der Waals surface area contributed by atoms with E-state index in [1.165, 1.54) is 27.5 Å². The van der Waals surface area contributed by atoms with E-state index in [4.69, 9.17) is 10.8 Å². The van der Waals surface area contributed by atoms with Crippen molar-refractivity contribution in [3.63, 3.8) is 0 Å². The number of benzene rings is 1. The molecule has 5 rings (SSSR count). The fourth-order valence-electron chi connectivity index (χ4n) is 4.05. The van der Waals surface area contributed by atoms with E-state index in [1.54, 1.807) is 0 Å². The van der Waals surface area contributed by atoms with Gasteiger partial charge >= 0.3 is 5.97 Å². The van der Waals surface area contributed by atoms with Crippen LogP contribution in [-0.4, -0.2) is 59.2 Å². The first-order valence-corrected chi connectivity index (χ1v) is 11.3. The molecule has 2 aromatic heterocycles. The first-order valence-electron chi connectivity index (χ1n) is 10.5. The van der Waals surface area contributed by atoms with Gasteiger partial charge in [-0.25, -0.2) is 9.78 Å². The van der Waals surface area contributed by atoms with Crippen LogP contribution in [0.4, 0.5) is 5.69 Å². The minimum atomic E-state index is -1.20. The lowest BCUT2D eigenvalue weighted by Crippen LogP contribution is -2.44. The van der Waals surface area contributed by atoms with Crippen molar-refractivity contribution in [1.82, 2.24) is 14.9 Å². The average Bonchev–Trinajstić information content (AvgIpc) is 3.35. The van der Waals surface area contributed by atoms with Crippen LogP contribution in [0.1, 0.15) is 33.0 Å². The fourth-order valence-corrected chi connectivity index (χ4v) is 5.31. The molecule has 8 nitrogen and oxygen atoms in total. The number of likely N-dealkylation sites (N-methyl/N-ethyl adjacent to an activating group) is 1. The van der Waals surface area contributed by atoms with Gasteiger partial charge in [0.05, 0.1) is 5.39 Å². The highest BCUT2D eigenvalue weighted by atomic mass is 32.1. The third-order valence-electron chi connectivity index (χ3n) is 5.79. The number of anilines is 1. The number of carboxylic acid groups (broad SMARTS) is 1. The number of nitrogens with zero attached hydrogens (tertiary/aromatic N) is 3. The highest BCUT2D eigenvalue weighted by Crippen LogP contribution is 2.34. The number of aromatic amines is 1. The number of aromatic carboxylic acids is 1. The quantitative estimate of drug-likeness (QED) is 0.570. The molecule has 2 aliphatic rings. The Balaban J connectivity index is 0.000000150. The normalized spacial score (nSPS) is 16.1. The van der Waals surface area contributed by atoms with Gasteiger partial charge in [-0.3, -0.25) is 4.79 Å². The second-order valence-corrected chi connectivity index (χ2v) is 9.01. The van der Waals surface area contributed by atoms with E-state index in [-0.39, 0.29) is 11.4 Å². The Morgan fingerprint density at radius 1 is 1.26 bits per heavy atom. The number of carbonyl (C=O) groups is 1. The molecule has 4 N–H and O–H groups in total. The maximum Gasteiger partial charge on any atom is 0.372 e. The van der Waals surface area contributed by atoms with Crippen molar-refractivity contribution in [3.8, 4) is 0 Å². The molecule has 0 bridgehead atoms. The van der Waals surface area contributed by atoms with Gasteiger partial charge in [-0.05, 0) is 49.6 Å². The molecule has 1 fully saturated rings. The number of aryl methyl sites for hydroxylation is 2. The van der Waals surface area contributed by atoms with Crippen molar-refractivity contribution in [2.24, 2.45) is 5.73 Å². The predicted molar refractivity (Wildman–Crippen MR) is 123 cm³/mol. The molecular formula is C22H27N5O3S. The molecule has 9 heteroatoms. The number of thiophene rings is 1. The molecule has 0 radical (unpaired) electrons. The Labute approximate surface area is 184 Å². The highest BCUT2D eigenvalue weighted by molar-refractivity contribution is 7.18. The lowest BCUT2D eigenvalue weighted by Gasteiger charge is -2.34. The number of nitrogens with two attached hydrogens (primary N) is 1. The Bertz CT molecular complexity index is 1150. The van der Waals surface area contributed by atoms with Crippen molar-refractivity contribution in [3.05, 3.63) is 56.4 Å². The number of nitrogens with one attached hydrogen (secondary N) is 1. The van der Waals surface area contributed by atoms with E-state index in [2.05, 4.69) is 51.1 Å². The summed E-state index contributed by atoms with van der Waals surface area (Å²) >= 11 is 1.44. The number of fused-ring (bicyclic) bond motifs is 3. The molecule has 1 aromatic carbocycles. The number of piperazine rings is 1.